The second kappa shape index (κ2) is 9.12. The summed E-state index contributed by atoms with van der Waals surface area (Å²) >= 11 is 0. The molecule has 34 heavy (non-hydrogen) atoms. The van der Waals surface area contributed by atoms with E-state index >= 15 is 0 Å². The molecule has 4 atom stereocenters. The lowest BCUT2D eigenvalue weighted by Gasteiger charge is -2.30. The zero-order chi connectivity index (χ0) is 23.8. The van der Waals surface area contributed by atoms with E-state index in [4.69, 9.17) is 4.74 Å². The molecule has 7 heteroatoms. The molecule has 2 aromatic carbocycles. The topological polar surface area (TPSA) is 95.9 Å². The maximum Gasteiger partial charge on any atom is 0.407 e. The largest absolute Gasteiger partial charge is 0.481 e. The van der Waals surface area contributed by atoms with Crippen LogP contribution in [-0.4, -0.2) is 53.7 Å². The summed E-state index contributed by atoms with van der Waals surface area (Å²) in [5.74, 6) is -1.08. The van der Waals surface area contributed by atoms with E-state index in [1.165, 1.54) is 0 Å². The highest BCUT2D eigenvalue weighted by atomic mass is 16.5. The van der Waals surface area contributed by atoms with Crippen LogP contribution in [0.5, 0.6) is 0 Å². The van der Waals surface area contributed by atoms with E-state index in [9.17, 15) is 19.5 Å². The minimum Gasteiger partial charge on any atom is -0.481 e. The van der Waals surface area contributed by atoms with Gasteiger partial charge in [-0.25, -0.2) is 4.79 Å². The Hall–Kier alpha value is -3.35. The minimum absolute atomic E-state index is 0.0342. The van der Waals surface area contributed by atoms with Crippen molar-refractivity contribution < 1.29 is 24.2 Å². The molecule has 3 aliphatic rings. The van der Waals surface area contributed by atoms with Crippen molar-refractivity contribution in [3.63, 3.8) is 0 Å². The molecule has 7 nitrogen and oxygen atoms in total. The van der Waals surface area contributed by atoms with Crippen molar-refractivity contribution in [3.05, 3.63) is 59.7 Å². The first-order chi connectivity index (χ1) is 16.5. The first kappa shape index (κ1) is 22.4. The smallest absolute Gasteiger partial charge is 0.407 e. The van der Waals surface area contributed by atoms with Crippen molar-refractivity contribution in [2.75, 3.05) is 19.7 Å². The molecule has 2 aromatic rings. The molecule has 2 unspecified atom stereocenters. The second-order valence-corrected chi connectivity index (χ2v) is 9.58. The Morgan fingerprint density at radius 1 is 1.06 bits per heavy atom. The number of nitrogens with zero attached hydrogens (tertiary/aromatic N) is 1. The van der Waals surface area contributed by atoms with Crippen LogP contribution in [0, 0.1) is 17.8 Å². The van der Waals surface area contributed by atoms with Crippen molar-refractivity contribution in [2.24, 2.45) is 17.8 Å². The number of fused-ring (bicyclic) bond motifs is 4. The van der Waals surface area contributed by atoms with Crippen molar-refractivity contribution in [2.45, 2.75) is 38.1 Å². The predicted octanol–water partition coefficient (Wildman–Crippen LogP) is 3.87. The number of likely N-dealkylation sites (tertiary alicyclic amines) is 1. The Kier molecular flexibility index (Phi) is 6.02. The molecule has 2 amide bonds. The number of carboxylic acids is 1. The van der Waals surface area contributed by atoms with Gasteiger partial charge in [0.1, 0.15) is 12.6 Å². The van der Waals surface area contributed by atoms with Gasteiger partial charge in [0.15, 0.2) is 0 Å². The quantitative estimate of drug-likeness (QED) is 0.651. The van der Waals surface area contributed by atoms with Crippen LogP contribution in [0.15, 0.2) is 48.5 Å². The third-order valence-electron chi connectivity index (χ3n) is 7.60. The fourth-order valence-electron chi connectivity index (χ4n) is 5.85. The minimum atomic E-state index is -0.772. The molecule has 1 aliphatic heterocycles. The lowest BCUT2D eigenvalue weighted by molar-refractivity contribution is -0.139. The van der Waals surface area contributed by atoms with Crippen molar-refractivity contribution in [1.82, 2.24) is 10.2 Å². The fourth-order valence-corrected chi connectivity index (χ4v) is 5.85. The van der Waals surface area contributed by atoms with Gasteiger partial charge in [0.2, 0.25) is 5.91 Å². The van der Waals surface area contributed by atoms with Gasteiger partial charge in [-0.2, -0.15) is 0 Å². The lowest BCUT2D eigenvalue weighted by atomic mass is 9.98. The maximum absolute atomic E-state index is 13.2. The van der Waals surface area contributed by atoms with Crippen molar-refractivity contribution in [3.8, 4) is 11.1 Å². The highest BCUT2D eigenvalue weighted by Gasteiger charge is 2.57. The summed E-state index contributed by atoms with van der Waals surface area (Å²) in [7, 11) is 0. The van der Waals surface area contributed by atoms with Crippen molar-refractivity contribution >= 4 is 18.0 Å². The van der Waals surface area contributed by atoms with E-state index in [0.717, 1.165) is 28.7 Å². The van der Waals surface area contributed by atoms with Crippen LogP contribution < -0.4 is 5.32 Å². The molecule has 0 spiro atoms. The summed E-state index contributed by atoms with van der Waals surface area (Å²) in [5.41, 5.74) is 4.60. The number of carboxylic acid groups (broad SMARTS) is 1. The molecule has 178 valence electrons. The van der Waals surface area contributed by atoms with Crippen LogP contribution in [0.2, 0.25) is 0 Å². The first-order valence-corrected chi connectivity index (χ1v) is 12.1. The van der Waals surface area contributed by atoms with E-state index in [2.05, 4.69) is 29.6 Å². The maximum atomic E-state index is 13.2. The number of hydrogen-bond donors (Lipinski definition) is 2. The Bertz CT molecular complexity index is 1070. The predicted molar refractivity (Wildman–Crippen MR) is 126 cm³/mol. The van der Waals surface area contributed by atoms with Crippen LogP contribution in [0.25, 0.3) is 11.1 Å². The summed E-state index contributed by atoms with van der Waals surface area (Å²) in [6.07, 6.45) is 1.35. The van der Waals surface area contributed by atoms with Gasteiger partial charge in [-0.1, -0.05) is 61.9 Å². The Morgan fingerprint density at radius 3 is 2.32 bits per heavy atom. The molecular weight excluding hydrogens is 432 g/mol. The number of amides is 2. The molecule has 0 aromatic heterocycles. The Morgan fingerprint density at radius 2 is 1.71 bits per heavy atom. The molecule has 1 saturated carbocycles. The fraction of sp³-hybridized carbons (Fsp3) is 0.444. The summed E-state index contributed by atoms with van der Waals surface area (Å²) in [4.78, 5) is 38.9. The van der Waals surface area contributed by atoms with E-state index in [0.29, 0.717) is 25.9 Å². The van der Waals surface area contributed by atoms with E-state index < -0.39 is 18.1 Å². The monoisotopic (exact) mass is 462 g/mol. The summed E-state index contributed by atoms with van der Waals surface area (Å²) in [5, 5.41) is 12.1. The van der Waals surface area contributed by atoms with Gasteiger partial charge < -0.3 is 20.1 Å². The van der Waals surface area contributed by atoms with Gasteiger partial charge in [0.25, 0.3) is 0 Å². The van der Waals surface area contributed by atoms with Crippen molar-refractivity contribution in [1.29, 1.82) is 0 Å². The standard InChI is InChI=1S/C27H30N2O5/c1-2-7-23(25(30)29-13-12-20-21(14-29)24(20)26(31)32)28-27(33)34-15-22-18-10-5-3-8-16(18)17-9-4-6-11-19(17)22/h3-6,8-11,20-24H,2,7,12-15H2,1H3,(H,28,33)(H,31,32)/t20-,21+,23?,24?/m0/s1. The van der Waals surface area contributed by atoms with Gasteiger partial charge in [-0.05, 0) is 46.9 Å². The normalized spacial score (nSPS) is 23.3. The number of rotatable bonds is 7. The average Bonchev–Trinajstić information content (AvgIpc) is 3.49. The molecule has 1 saturated heterocycles. The number of aliphatic carboxylic acids is 1. The number of nitrogens with one attached hydrogen (secondary N) is 1. The van der Waals surface area contributed by atoms with E-state index in [1.54, 1.807) is 4.90 Å². The van der Waals surface area contributed by atoms with Crippen LogP contribution in [0.3, 0.4) is 0 Å². The average molecular weight is 463 g/mol. The van der Waals surface area contributed by atoms with Gasteiger partial charge in [-0.15, -0.1) is 0 Å². The zero-order valence-electron chi connectivity index (χ0n) is 19.3. The number of hydrogen-bond acceptors (Lipinski definition) is 4. The van der Waals surface area contributed by atoms with Gasteiger partial charge in [-0.3, -0.25) is 9.59 Å². The molecule has 2 fully saturated rings. The SMILES string of the molecule is CCCC(NC(=O)OCC1c2ccccc2-c2ccccc21)C(=O)N1CC[C@@H]2C(C(=O)O)[C@@H]2C1. The molecule has 0 radical (unpaired) electrons. The number of carbonyl (C=O) groups is 3. The van der Waals surface area contributed by atoms with Crippen LogP contribution in [0.4, 0.5) is 4.79 Å². The molecular formula is C27H30N2O5. The number of benzene rings is 2. The van der Waals surface area contributed by atoms with Crippen LogP contribution >= 0.6 is 0 Å². The van der Waals surface area contributed by atoms with Crippen LogP contribution in [-0.2, 0) is 14.3 Å². The Labute approximate surface area is 199 Å². The van der Waals surface area contributed by atoms with Gasteiger partial charge in [0.05, 0.1) is 5.92 Å². The molecule has 5 rings (SSSR count). The second-order valence-electron chi connectivity index (χ2n) is 9.58. The summed E-state index contributed by atoms with van der Waals surface area (Å²) in [6, 6.07) is 15.6. The number of carbonyl (C=O) groups excluding carboxylic acids is 2. The molecule has 2 N–H and O–H groups in total. The van der Waals surface area contributed by atoms with Gasteiger partial charge in [0, 0.05) is 19.0 Å². The third kappa shape index (κ3) is 4.04. The summed E-state index contributed by atoms with van der Waals surface area (Å²) in [6.45, 7) is 3.15. The molecule has 2 aliphatic carbocycles. The van der Waals surface area contributed by atoms with Crippen LogP contribution in [0.1, 0.15) is 43.2 Å². The molecule has 1 heterocycles. The van der Waals surface area contributed by atoms with E-state index in [-0.39, 0.29) is 36.2 Å². The zero-order valence-corrected chi connectivity index (χ0v) is 19.3. The summed E-state index contributed by atoms with van der Waals surface area (Å²) < 4.78 is 5.63. The van der Waals surface area contributed by atoms with E-state index in [1.807, 2.05) is 31.2 Å². The lowest BCUT2D eigenvalue weighted by Crippen LogP contribution is -2.50. The highest BCUT2D eigenvalue weighted by molar-refractivity contribution is 5.86. The Balaban J connectivity index is 1.21. The first-order valence-electron chi connectivity index (χ1n) is 12.1. The number of piperidine rings is 1. The highest BCUT2D eigenvalue weighted by Crippen LogP contribution is 2.51. The number of alkyl carbamates (subject to hydrolysis) is 1. The third-order valence-corrected chi connectivity index (χ3v) is 7.60. The molecule has 0 bridgehead atoms. The number of ether oxygens (including phenoxy) is 1. The van der Waals surface area contributed by atoms with Gasteiger partial charge >= 0.3 is 12.1 Å².